The first-order valence-electron chi connectivity index (χ1n) is 5.53. The van der Waals surface area contributed by atoms with Gasteiger partial charge >= 0.3 is 5.69 Å². The van der Waals surface area contributed by atoms with Crippen LogP contribution in [0.1, 0.15) is 11.1 Å². The van der Waals surface area contributed by atoms with Gasteiger partial charge in [-0.3, -0.25) is 10.1 Å². The number of halogens is 1. The average Bonchev–Trinajstić information content (AvgIpc) is 2.32. The molecule has 1 heterocycles. The first-order chi connectivity index (χ1) is 8.97. The molecule has 0 radical (unpaired) electrons. The summed E-state index contributed by atoms with van der Waals surface area (Å²) in [5, 5.41) is 11.0. The van der Waals surface area contributed by atoms with Gasteiger partial charge < -0.3 is 4.74 Å². The van der Waals surface area contributed by atoms with Crippen molar-refractivity contribution in [1.29, 1.82) is 0 Å². The van der Waals surface area contributed by atoms with Gasteiger partial charge in [0, 0.05) is 12.1 Å². The second kappa shape index (κ2) is 5.01. The molecule has 0 saturated carbocycles. The molecule has 6 heteroatoms. The Morgan fingerprint density at radius 3 is 2.68 bits per heavy atom. The Morgan fingerprint density at radius 2 is 2.05 bits per heavy atom. The molecule has 98 valence electrons. The molecule has 0 spiro atoms. The van der Waals surface area contributed by atoms with Crippen molar-refractivity contribution in [1.82, 2.24) is 4.98 Å². The van der Waals surface area contributed by atoms with Crippen molar-refractivity contribution in [3.63, 3.8) is 0 Å². The standard InChI is InChI=1S/C13H11FN2O3/c1-8-6-9(2)13(10(7-8)16(17)18)19-12-5-3-4-11(14)15-12/h3-7H,1-2H3. The topological polar surface area (TPSA) is 65.3 Å². The van der Waals surface area contributed by atoms with Crippen molar-refractivity contribution in [2.75, 3.05) is 0 Å². The summed E-state index contributed by atoms with van der Waals surface area (Å²) in [6, 6.07) is 7.19. The number of hydrogen-bond acceptors (Lipinski definition) is 4. The minimum Gasteiger partial charge on any atom is -0.431 e. The Kier molecular flexibility index (Phi) is 3.41. The molecule has 2 aromatic rings. The molecule has 0 bridgehead atoms. The number of rotatable bonds is 3. The molecular weight excluding hydrogens is 251 g/mol. The maximum atomic E-state index is 13.0. The molecule has 2 rings (SSSR count). The van der Waals surface area contributed by atoms with E-state index in [9.17, 15) is 14.5 Å². The van der Waals surface area contributed by atoms with Crippen LogP contribution in [-0.2, 0) is 0 Å². The van der Waals surface area contributed by atoms with Gasteiger partial charge in [0.15, 0.2) is 0 Å². The Bertz CT molecular complexity index is 644. The van der Waals surface area contributed by atoms with Crippen molar-refractivity contribution < 1.29 is 14.1 Å². The van der Waals surface area contributed by atoms with Gasteiger partial charge in [0.2, 0.25) is 17.6 Å². The fourth-order valence-electron chi connectivity index (χ4n) is 1.75. The van der Waals surface area contributed by atoms with Crippen LogP contribution in [0, 0.1) is 29.9 Å². The normalized spacial score (nSPS) is 10.3. The molecular formula is C13H11FN2O3. The zero-order valence-corrected chi connectivity index (χ0v) is 10.4. The maximum absolute atomic E-state index is 13.0. The Hall–Kier alpha value is -2.50. The fraction of sp³-hybridized carbons (Fsp3) is 0.154. The Balaban J connectivity index is 2.47. The number of nitrogens with zero attached hydrogens (tertiary/aromatic N) is 2. The minimum atomic E-state index is -0.704. The number of aromatic nitrogens is 1. The van der Waals surface area contributed by atoms with Gasteiger partial charge in [-0.25, -0.2) is 0 Å². The van der Waals surface area contributed by atoms with E-state index < -0.39 is 10.9 Å². The number of nitro benzene ring substituents is 1. The van der Waals surface area contributed by atoms with Crippen LogP contribution in [0.2, 0.25) is 0 Å². The highest BCUT2D eigenvalue weighted by atomic mass is 19.1. The molecule has 1 aromatic carbocycles. The van der Waals surface area contributed by atoms with Gasteiger partial charge in [-0.05, 0) is 31.0 Å². The molecule has 1 aromatic heterocycles. The molecule has 0 fully saturated rings. The summed E-state index contributed by atoms with van der Waals surface area (Å²) in [5.41, 5.74) is 1.19. The quantitative estimate of drug-likeness (QED) is 0.482. The van der Waals surface area contributed by atoms with Gasteiger partial charge in [0.05, 0.1) is 4.92 Å². The van der Waals surface area contributed by atoms with Gasteiger partial charge in [-0.1, -0.05) is 12.1 Å². The number of hydrogen-bond donors (Lipinski definition) is 0. The Morgan fingerprint density at radius 1 is 1.32 bits per heavy atom. The summed E-state index contributed by atoms with van der Waals surface area (Å²) in [6.07, 6.45) is 0. The van der Waals surface area contributed by atoms with E-state index in [0.717, 1.165) is 5.56 Å². The van der Waals surface area contributed by atoms with Crippen LogP contribution in [0.5, 0.6) is 11.6 Å². The van der Waals surface area contributed by atoms with Crippen LogP contribution in [0.4, 0.5) is 10.1 Å². The van der Waals surface area contributed by atoms with E-state index >= 15 is 0 Å². The molecule has 0 saturated heterocycles. The van der Waals surface area contributed by atoms with Crippen molar-refractivity contribution in [2.45, 2.75) is 13.8 Å². The average molecular weight is 262 g/mol. The summed E-state index contributed by atoms with van der Waals surface area (Å²) >= 11 is 0. The van der Waals surface area contributed by atoms with Gasteiger partial charge in [0.25, 0.3) is 0 Å². The largest absolute Gasteiger partial charge is 0.431 e. The summed E-state index contributed by atoms with van der Waals surface area (Å²) in [6.45, 7) is 3.44. The van der Waals surface area contributed by atoms with Gasteiger partial charge in [0.1, 0.15) is 0 Å². The molecule has 0 aliphatic rings. The second-order valence-electron chi connectivity index (χ2n) is 4.09. The van der Waals surface area contributed by atoms with E-state index in [0.29, 0.717) is 5.56 Å². The summed E-state index contributed by atoms with van der Waals surface area (Å²) in [5.74, 6) is -0.645. The highest BCUT2D eigenvalue weighted by Gasteiger charge is 2.19. The first-order valence-corrected chi connectivity index (χ1v) is 5.53. The SMILES string of the molecule is Cc1cc(C)c(Oc2cccc(F)n2)c([N+](=O)[O-])c1. The number of benzene rings is 1. The molecule has 5 nitrogen and oxygen atoms in total. The lowest BCUT2D eigenvalue weighted by atomic mass is 10.1. The van der Waals surface area contributed by atoms with E-state index in [1.54, 1.807) is 19.9 Å². The summed E-state index contributed by atoms with van der Waals surface area (Å²) in [7, 11) is 0. The summed E-state index contributed by atoms with van der Waals surface area (Å²) in [4.78, 5) is 14.0. The van der Waals surface area contributed by atoms with E-state index in [2.05, 4.69) is 4.98 Å². The molecule has 0 aliphatic carbocycles. The number of nitro groups is 1. The van der Waals surface area contributed by atoms with Gasteiger partial charge in [-0.2, -0.15) is 9.37 Å². The molecule has 0 unspecified atom stereocenters. The third-order valence-electron chi connectivity index (χ3n) is 2.49. The van der Waals surface area contributed by atoms with Crippen LogP contribution >= 0.6 is 0 Å². The number of ether oxygens (including phenoxy) is 1. The van der Waals surface area contributed by atoms with Crippen LogP contribution < -0.4 is 4.74 Å². The molecule has 19 heavy (non-hydrogen) atoms. The highest BCUT2D eigenvalue weighted by Crippen LogP contribution is 2.34. The molecule has 0 N–H and O–H groups in total. The monoisotopic (exact) mass is 262 g/mol. The summed E-state index contributed by atoms with van der Waals surface area (Å²) < 4.78 is 18.3. The second-order valence-corrected chi connectivity index (χ2v) is 4.09. The van der Waals surface area contributed by atoms with E-state index in [1.807, 2.05) is 0 Å². The third kappa shape index (κ3) is 2.85. The lowest BCUT2D eigenvalue weighted by molar-refractivity contribution is -0.385. The fourth-order valence-corrected chi connectivity index (χ4v) is 1.75. The van der Waals surface area contributed by atoms with Gasteiger partial charge in [-0.15, -0.1) is 0 Å². The van der Waals surface area contributed by atoms with Crippen LogP contribution in [0.25, 0.3) is 0 Å². The maximum Gasteiger partial charge on any atom is 0.312 e. The lowest BCUT2D eigenvalue weighted by Crippen LogP contribution is -1.98. The van der Waals surface area contributed by atoms with Crippen LogP contribution in [0.15, 0.2) is 30.3 Å². The lowest BCUT2D eigenvalue weighted by Gasteiger charge is -2.09. The Labute approximate surface area is 108 Å². The zero-order chi connectivity index (χ0) is 14.0. The van der Waals surface area contributed by atoms with Crippen molar-refractivity contribution in [3.8, 4) is 11.6 Å². The van der Waals surface area contributed by atoms with Crippen LogP contribution in [0.3, 0.4) is 0 Å². The molecule has 0 aliphatic heterocycles. The van der Waals surface area contributed by atoms with Crippen molar-refractivity contribution >= 4 is 5.69 Å². The molecule has 0 amide bonds. The number of aryl methyl sites for hydroxylation is 2. The van der Waals surface area contributed by atoms with Crippen molar-refractivity contribution in [2.24, 2.45) is 0 Å². The van der Waals surface area contributed by atoms with E-state index in [1.165, 1.54) is 24.3 Å². The van der Waals surface area contributed by atoms with E-state index in [4.69, 9.17) is 4.74 Å². The van der Waals surface area contributed by atoms with E-state index in [-0.39, 0.29) is 17.3 Å². The molecule has 0 atom stereocenters. The predicted octanol–water partition coefficient (Wildman–Crippen LogP) is 3.54. The zero-order valence-electron chi connectivity index (χ0n) is 10.4. The van der Waals surface area contributed by atoms with Crippen molar-refractivity contribution in [3.05, 3.63) is 57.5 Å². The minimum absolute atomic E-state index is 0.0185. The predicted molar refractivity (Wildman–Crippen MR) is 66.8 cm³/mol. The highest BCUT2D eigenvalue weighted by molar-refractivity contribution is 5.54. The first kappa shape index (κ1) is 12.9. The third-order valence-corrected chi connectivity index (χ3v) is 2.49. The smallest absolute Gasteiger partial charge is 0.312 e. The number of pyridine rings is 1. The van der Waals surface area contributed by atoms with Crippen LogP contribution in [-0.4, -0.2) is 9.91 Å².